The van der Waals surface area contributed by atoms with Crippen LogP contribution in [0.5, 0.6) is 0 Å². The van der Waals surface area contributed by atoms with E-state index in [9.17, 15) is 9.18 Å². The van der Waals surface area contributed by atoms with Gasteiger partial charge in [-0.3, -0.25) is 0 Å². The Morgan fingerprint density at radius 3 is 2.08 bits per heavy atom. The van der Waals surface area contributed by atoms with Gasteiger partial charge < -0.3 is 25.2 Å². The maximum absolute atomic E-state index is 11.8. The Morgan fingerprint density at radius 2 is 1.75 bits per heavy atom. The van der Waals surface area contributed by atoms with Crippen molar-refractivity contribution in [3.8, 4) is 0 Å². The number of carbonyl (C=O) groups excluding carboxylic acids is 1. The molecule has 0 heterocycles. The van der Waals surface area contributed by atoms with Crippen LogP contribution in [0.3, 0.4) is 0 Å². The van der Waals surface area contributed by atoms with E-state index in [0.29, 0.717) is 0 Å². The number of aldehydes is 1. The first-order chi connectivity index (χ1) is 5.49. The summed E-state index contributed by atoms with van der Waals surface area (Å²) in [5, 5.41) is 34.4. The van der Waals surface area contributed by atoms with E-state index in [2.05, 4.69) is 0 Å². The fourth-order valence-electron chi connectivity index (χ4n) is 0.647. The van der Waals surface area contributed by atoms with Crippen molar-refractivity contribution in [2.24, 2.45) is 0 Å². The molecule has 72 valence electrons. The van der Waals surface area contributed by atoms with Gasteiger partial charge in [-0.2, -0.15) is 0 Å². The third-order valence-electron chi connectivity index (χ3n) is 1.32. The smallest absolute Gasteiger partial charge is 0.198 e. The SMILES string of the molecule is O=C[C@H](O)[C@@H](O)[C@H](O)C[C@H](O)F. The van der Waals surface area contributed by atoms with Crippen LogP contribution in [0.25, 0.3) is 0 Å². The lowest BCUT2D eigenvalue weighted by molar-refractivity contribution is -0.129. The van der Waals surface area contributed by atoms with Gasteiger partial charge in [-0.05, 0) is 0 Å². The molecule has 0 unspecified atom stereocenters. The van der Waals surface area contributed by atoms with Gasteiger partial charge in [-0.15, -0.1) is 0 Å². The Labute approximate surface area is 68.1 Å². The number of hydrogen-bond acceptors (Lipinski definition) is 5. The van der Waals surface area contributed by atoms with Crippen LogP contribution in [0, 0.1) is 0 Å². The second-order valence-electron chi connectivity index (χ2n) is 2.35. The van der Waals surface area contributed by atoms with Gasteiger partial charge in [0.25, 0.3) is 0 Å². The topological polar surface area (TPSA) is 98.0 Å². The van der Waals surface area contributed by atoms with Gasteiger partial charge in [0.2, 0.25) is 0 Å². The third-order valence-corrected chi connectivity index (χ3v) is 1.32. The van der Waals surface area contributed by atoms with Crippen LogP contribution in [0.15, 0.2) is 0 Å². The van der Waals surface area contributed by atoms with Crippen LogP contribution >= 0.6 is 0 Å². The summed E-state index contributed by atoms with van der Waals surface area (Å²) in [6, 6.07) is 0. The lowest BCUT2D eigenvalue weighted by Gasteiger charge is -2.19. The number of halogens is 1. The lowest BCUT2D eigenvalue weighted by Crippen LogP contribution is -2.39. The summed E-state index contributed by atoms with van der Waals surface area (Å²) in [5.41, 5.74) is 0. The summed E-state index contributed by atoms with van der Waals surface area (Å²) in [5.74, 6) is 0. The van der Waals surface area contributed by atoms with Gasteiger partial charge >= 0.3 is 0 Å². The Bertz CT molecular complexity index is 140. The molecule has 0 aliphatic carbocycles. The number of alkyl halides is 1. The number of aliphatic hydroxyl groups excluding tert-OH is 4. The molecule has 0 fully saturated rings. The first kappa shape index (κ1) is 11.4. The van der Waals surface area contributed by atoms with E-state index >= 15 is 0 Å². The van der Waals surface area contributed by atoms with E-state index in [4.69, 9.17) is 20.4 Å². The van der Waals surface area contributed by atoms with Gasteiger partial charge in [0.05, 0.1) is 6.10 Å². The highest BCUT2D eigenvalue weighted by Gasteiger charge is 2.25. The molecule has 0 aliphatic rings. The van der Waals surface area contributed by atoms with Crippen LogP contribution in [0.1, 0.15) is 6.42 Å². The van der Waals surface area contributed by atoms with Gasteiger partial charge in [0.15, 0.2) is 12.6 Å². The predicted octanol–water partition coefficient (Wildman–Crippen LogP) is -2.05. The minimum absolute atomic E-state index is 0.0124. The number of aliphatic hydroxyl groups is 4. The Hall–Kier alpha value is -0.560. The van der Waals surface area contributed by atoms with Crippen molar-refractivity contribution in [2.75, 3.05) is 0 Å². The minimum Gasteiger partial charge on any atom is -0.390 e. The van der Waals surface area contributed by atoms with Crippen molar-refractivity contribution < 1.29 is 29.6 Å². The third kappa shape index (κ3) is 3.72. The molecular formula is C6H11FO5. The molecule has 0 spiro atoms. The molecule has 0 rings (SSSR count). The van der Waals surface area contributed by atoms with Crippen LogP contribution in [-0.4, -0.2) is 51.4 Å². The van der Waals surface area contributed by atoms with Gasteiger partial charge in [0, 0.05) is 6.42 Å². The first-order valence-corrected chi connectivity index (χ1v) is 3.30. The number of carbonyl (C=O) groups is 1. The van der Waals surface area contributed by atoms with Crippen molar-refractivity contribution in [1.29, 1.82) is 0 Å². The molecule has 0 aromatic carbocycles. The fourth-order valence-corrected chi connectivity index (χ4v) is 0.647. The second kappa shape index (κ2) is 5.15. The molecule has 0 aromatic rings. The lowest BCUT2D eigenvalue weighted by atomic mass is 10.1. The zero-order chi connectivity index (χ0) is 9.72. The molecule has 0 radical (unpaired) electrons. The monoisotopic (exact) mass is 182 g/mol. The zero-order valence-corrected chi connectivity index (χ0v) is 6.17. The summed E-state index contributed by atoms with van der Waals surface area (Å²) < 4.78 is 11.8. The number of rotatable bonds is 5. The minimum atomic E-state index is -2.28. The van der Waals surface area contributed by atoms with Crippen LogP contribution in [-0.2, 0) is 4.79 Å². The zero-order valence-electron chi connectivity index (χ0n) is 6.17. The van der Waals surface area contributed by atoms with E-state index in [-0.39, 0.29) is 6.29 Å². The second-order valence-corrected chi connectivity index (χ2v) is 2.35. The summed E-state index contributed by atoms with van der Waals surface area (Å²) in [4.78, 5) is 9.86. The van der Waals surface area contributed by atoms with Crippen LogP contribution in [0.4, 0.5) is 4.39 Å². The molecule has 0 aromatic heterocycles. The van der Waals surface area contributed by atoms with Crippen LogP contribution < -0.4 is 0 Å². The van der Waals surface area contributed by atoms with Gasteiger partial charge in [-0.1, -0.05) is 0 Å². The van der Waals surface area contributed by atoms with Gasteiger partial charge in [-0.25, -0.2) is 4.39 Å². The van der Waals surface area contributed by atoms with E-state index in [1.807, 2.05) is 0 Å². The highest BCUT2D eigenvalue weighted by Crippen LogP contribution is 2.06. The molecule has 0 bridgehead atoms. The highest BCUT2D eigenvalue weighted by atomic mass is 19.1. The maximum atomic E-state index is 11.8. The summed E-state index contributed by atoms with van der Waals surface area (Å²) in [6.07, 6.45) is -8.21. The molecule has 0 amide bonds. The summed E-state index contributed by atoms with van der Waals surface area (Å²) >= 11 is 0. The van der Waals surface area contributed by atoms with E-state index in [1.165, 1.54) is 0 Å². The van der Waals surface area contributed by atoms with Crippen molar-refractivity contribution in [1.82, 2.24) is 0 Å². The fraction of sp³-hybridized carbons (Fsp3) is 0.833. The first-order valence-electron chi connectivity index (χ1n) is 3.30. The molecule has 0 aliphatic heterocycles. The summed E-state index contributed by atoms with van der Waals surface area (Å²) in [7, 11) is 0. The van der Waals surface area contributed by atoms with Crippen LogP contribution in [0.2, 0.25) is 0 Å². The standard InChI is InChI=1S/C6H11FO5/c7-5(11)1-3(9)6(12)4(10)2-8/h2-6,9-12H,1H2/t3-,4+,5+,6+/m1/s1. The number of hydrogen-bond donors (Lipinski definition) is 4. The predicted molar refractivity (Wildman–Crippen MR) is 35.8 cm³/mol. The quantitative estimate of drug-likeness (QED) is 0.367. The largest absolute Gasteiger partial charge is 0.390 e. The van der Waals surface area contributed by atoms with Gasteiger partial charge in [0.1, 0.15) is 12.2 Å². The molecule has 4 atom stereocenters. The van der Waals surface area contributed by atoms with Crippen molar-refractivity contribution in [2.45, 2.75) is 31.1 Å². The molecule has 0 saturated heterocycles. The average molecular weight is 182 g/mol. The van der Waals surface area contributed by atoms with E-state index < -0.39 is 31.1 Å². The summed E-state index contributed by atoms with van der Waals surface area (Å²) in [6.45, 7) is 0. The molecule has 12 heavy (non-hydrogen) atoms. The van der Waals surface area contributed by atoms with Crippen molar-refractivity contribution in [3.05, 3.63) is 0 Å². The Kier molecular flexibility index (Phi) is 4.91. The normalized spacial score (nSPS) is 21.1. The molecule has 4 N–H and O–H groups in total. The highest BCUT2D eigenvalue weighted by molar-refractivity contribution is 5.56. The molecule has 6 heteroatoms. The molecule has 0 saturated carbocycles. The van der Waals surface area contributed by atoms with Crippen molar-refractivity contribution in [3.63, 3.8) is 0 Å². The Morgan fingerprint density at radius 1 is 1.25 bits per heavy atom. The molecular weight excluding hydrogens is 171 g/mol. The Balaban J connectivity index is 3.91. The van der Waals surface area contributed by atoms with E-state index in [1.54, 1.807) is 0 Å². The van der Waals surface area contributed by atoms with Crippen molar-refractivity contribution >= 4 is 6.29 Å². The average Bonchev–Trinajstić information content (AvgIpc) is 2.00. The molecule has 5 nitrogen and oxygen atoms in total. The maximum Gasteiger partial charge on any atom is 0.198 e. The van der Waals surface area contributed by atoms with E-state index in [0.717, 1.165) is 0 Å².